The number of halogens is 3. The van der Waals surface area contributed by atoms with Crippen molar-refractivity contribution in [2.24, 2.45) is 0 Å². The summed E-state index contributed by atoms with van der Waals surface area (Å²) in [5.41, 5.74) is -0.371. The molecule has 2 rings (SSSR count). The molecule has 2 N–H and O–H groups in total. The number of alkyl halides is 3. The van der Waals surface area contributed by atoms with Crippen molar-refractivity contribution < 1.29 is 27.8 Å². The Balaban J connectivity index is 2.22. The predicted molar refractivity (Wildman–Crippen MR) is 54.7 cm³/mol. The molecular weight excluding hydrogens is 251 g/mol. The van der Waals surface area contributed by atoms with Crippen LogP contribution in [-0.2, 0) is 10.9 Å². The van der Waals surface area contributed by atoms with Gasteiger partial charge in [0.15, 0.2) is 6.10 Å². The summed E-state index contributed by atoms with van der Waals surface area (Å²) in [6.45, 7) is -0.350. The Bertz CT molecular complexity index is 444. The molecule has 98 valence electrons. The van der Waals surface area contributed by atoms with E-state index in [0.29, 0.717) is 5.56 Å². The molecule has 0 saturated carbocycles. The van der Waals surface area contributed by atoms with Gasteiger partial charge in [0, 0.05) is 0 Å². The number of aliphatic hydroxyl groups excluding tert-OH is 1. The minimum absolute atomic E-state index is 0.350. The number of cyclic esters (lactones) is 1. The summed E-state index contributed by atoms with van der Waals surface area (Å²) in [4.78, 5) is 11.0. The third-order valence-corrected chi connectivity index (χ3v) is 2.67. The second-order valence-electron chi connectivity index (χ2n) is 3.88. The third kappa shape index (κ3) is 2.40. The van der Waals surface area contributed by atoms with E-state index in [9.17, 15) is 18.0 Å². The lowest BCUT2D eigenvalue weighted by Gasteiger charge is -2.15. The zero-order valence-electron chi connectivity index (χ0n) is 9.07. The van der Waals surface area contributed by atoms with Crippen LogP contribution in [0.15, 0.2) is 24.3 Å². The van der Waals surface area contributed by atoms with Crippen LogP contribution in [0.2, 0.25) is 0 Å². The first-order chi connectivity index (χ1) is 8.41. The van der Waals surface area contributed by atoms with E-state index < -0.39 is 30.0 Å². The Kier molecular flexibility index (Phi) is 3.16. The van der Waals surface area contributed by atoms with Crippen LogP contribution in [0.3, 0.4) is 0 Å². The lowest BCUT2D eigenvalue weighted by Crippen LogP contribution is -2.31. The second kappa shape index (κ2) is 4.49. The van der Waals surface area contributed by atoms with Crippen molar-refractivity contribution in [3.8, 4) is 0 Å². The van der Waals surface area contributed by atoms with Crippen LogP contribution in [0.25, 0.3) is 0 Å². The Hall–Kier alpha value is -1.76. The molecule has 1 amide bonds. The number of aliphatic hydroxyl groups is 1. The molecule has 0 bridgehead atoms. The van der Waals surface area contributed by atoms with E-state index >= 15 is 0 Å². The highest BCUT2D eigenvalue weighted by atomic mass is 19.4. The number of amides is 1. The number of hydrogen-bond donors (Lipinski definition) is 2. The molecule has 1 aromatic carbocycles. The van der Waals surface area contributed by atoms with Crippen molar-refractivity contribution >= 4 is 6.09 Å². The van der Waals surface area contributed by atoms with E-state index in [4.69, 9.17) is 9.84 Å². The van der Waals surface area contributed by atoms with Crippen LogP contribution in [0.1, 0.15) is 17.2 Å². The van der Waals surface area contributed by atoms with Gasteiger partial charge in [-0.3, -0.25) is 0 Å². The van der Waals surface area contributed by atoms with Gasteiger partial charge in [-0.25, -0.2) is 4.79 Å². The van der Waals surface area contributed by atoms with Crippen LogP contribution >= 0.6 is 0 Å². The van der Waals surface area contributed by atoms with Crippen LogP contribution in [0.5, 0.6) is 0 Å². The molecule has 4 nitrogen and oxygen atoms in total. The summed E-state index contributed by atoms with van der Waals surface area (Å²) in [5.74, 6) is 0. The smallest absolute Gasteiger partial charge is 0.416 e. The SMILES string of the molecule is O=C1NC(CO)C(c2ccc(C(F)(F)F)cc2)O1. The minimum Gasteiger partial charge on any atom is -0.439 e. The monoisotopic (exact) mass is 261 g/mol. The molecule has 0 spiro atoms. The number of carbonyl (C=O) groups is 1. The fourth-order valence-electron chi connectivity index (χ4n) is 1.76. The average Bonchev–Trinajstić information content (AvgIpc) is 2.69. The summed E-state index contributed by atoms with van der Waals surface area (Å²) in [5, 5.41) is 11.4. The Morgan fingerprint density at radius 1 is 1.28 bits per heavy atom. The molecule has 0 aliphatic carbocycles. The summed E-state index contributed by atoms with van der Waals surface area (Å²) in [6, 6.07) is 3.65. The highest BCUT2D eigenvalue weighted by Gasteiger charge is 2.36. The van der Waals surface area contributed by atoms with Crippen molar-refractivity contribution in [2.45, 2.75) is 18.3 Å². The minimum atomic E-state index is -4.40. The maximum absolute atomic E-state index is 12.4. The molecule has 1 aliphatic heterocycles. The van der Waals surface area contributed by atoms with Crippen LogP contribution in [0.4, 0.5) is 18.0 Å². The number of benzene rings is 1. The van der Waals surface area contributed by atoms with Gasteiger partial charge in [-0.05, 0) is 17.7 Å². The fraction of sp³-hybridized carbons (Fsp3) is 0.364. The second-order valence-corrected chi connectivity index (χ2v) is 3.88. The average molecular weight is 261 g/mol. The molecule has 1 heterocycles. The maximum atomic E-state index is 12.4. The quantitative estimate of drug-likeness (QED) is 0.854. The molecule has 2 unspecified atom stereocenters. The van der Waals surface area contributed by atoms with Crippen LogP contribution in [0, 0.1) is 0 Å². The fourth-order valence-corrected chi connectivity index (χ4v) is 1.76. The lowest BCUT2D eigenvalue weighted by molar-refractivity contribution is -0.137. The van der Waals surface area contributed by atoms with Crippen molar-refractivity contribution in [2.75, 3.05) is 6.61 Å². The molecule has 0 radical (unpaired) electrons. The standard InChI is InChI=1S/C11H10F3NO3/c12-11(13,14)7-3-1-6(2-4-7)9-8(5-16)15-10(17)18-9/h1-4,8-9,16H,5H2,(H,15,17). The van der Waals surface area contributed by atoms with E-state index in [1.807, 2.05) is 0 Å². The van der Waals surface area contributed by atoms with Crippen molar-refractivity contribution in [3.05, 3.63) is 35.4 Å². The lowest BCUT2D eigenvalue weighted by atomic mass is 10.0. The molecule has 1 aliphatic rings. The van der Waals surface area contributed by atoms with Gasteiger partial charge in [-0.1, -0.05) is 12.1 Å². The summed E-state index contributed by atoms with van der Waals surface area (Å²) in [7, 11) is 0. The first kappa shape index (κ1) is 12.7. The van der Waals surface area contributed by atoms with Crippen LogP contribution in [-0.4, -0.2) is 23.8 Å². The van der Waals surface area contributed by atoms with Gasteiger partial charge in [-0.15, -0.1) is 0 Å². The van der Waals surface area contributed by atoms with Crippen molar-refractivity contribution in [1.82, 2.24) is 5.32 Å². The highest BCUT2D eigenvalue weighted by molar-refractivity contribution is 5.70. The van der Waals surface area contributed by atoms with Gasteiger partial charge in [0.05, 0.1) is 18.2 Å². The molecule has 7 heteroatoms. The Morgan fingerprint density at radius 2 is 1.89 bits per heavy atom. The molecule has 1 fully saturated rings. The largest absolute Gasteiger partial charge is 0.439 e. The van der Waals surface area contributed by atoms with Gasteiger partial charge in [0.2, 0.25) is 0 Å². The number of carbonyl (C=O) groups excluding carboxylic acids is 1. The summed E-state index contributed by atoms with van der Waals surface area (Å²) >= 11 is 0. The molecular formula is C11H10F3NO3. The third-order valence-electron chi connectivity index (χ3n) is 2.67. The number of alkyl carbamates (subject to hydrolysis) is 1. The van der Waals surface area contributed by atoms with E-state index in [-0.39, 0.29) is 6.61 Å². The van der Waals surface area contributed by atoms with Gasteiger partial charge in [-0.2, -0.15) is 13.2 Å². The molecule has 2 atom stereocenters. The number of ether oxygens (including phenoxy) is 1. The zero-order chi connectivity index (χ0) is 13.3. The van der Waals surface area contributed by atoms with Crippen LogP contribution < -0.4 is 5.32 Å². The molecule has 0 aromatic heterocycles. The van der Waals surface area contributed by atoms with Gasteiger partial charge >= 0.3 is 12.3 Å². The molecule has 18 heavy (non-hydrogen) atoms. The van der Waals surface area contributed by atoms with Crippen molar-refractivity contribution in [1.29, 1.82) is 0 Å². The summed E-state index contributed by atoms with van der Waals surface area (Å²) in [6.07, 6.45) is -5.87. The van der Waals surface area contributed by atoms with Crippen molar-refractivity contribution in [3.63, 3.8) is 0 Å². The molecule has 1 aromatic rings. The Morgan fingerprint density at radius 3 is 2.39 bits per heavy atom. The number of hydrogen-bond acceptors (Lipinski definition) is 3. The van der Waals surface area contributed by atoms with E-state index in [1.165, 1.54) is 12.1 Å². The van der Waals surface area contributed by atoms with E-state index in [1.54, 1.807) is 0 Å². The maximum Gasteiger partial charge on any atom is 0.416 e. The van der Waals surface area contributed by atoms with Gasteiger partial charge in [0.25, 0.3) is 0 Å². The predicted octanol–water partition coefficient (Wildman–Crippen LogP) is 1.85. The summed E-state index contributed by atoms with van der Waals surface area (Å²) < 4.78 is 42.0. The normalized spacial score (nSPS) is 23.7. The molecule has 1 saturated heterocycles. The first-order valence-electron chi connectivity index (χ1n) is 5.17. The number of nitrogens with one attached hydrogen (secondary N) is 1. The number of rotatable bonds is 2. The van der Waals surface area contributed by atoms with E-state index in [2.05, 4.69) is 5.32 Å². The van der Waals surface area contributed by atoms with Gasteiger partial charge < -0.3 is 15.2 Å². The van der Waals surface area contributed by atoms with E-state index in [0.717, 1.165) is 12.1 Å². The van der Waals surface area contributed by atoms with Gasteiger partial charge in [0.1, 0.15) is 0 Å². The zero-order valence-corrected chi connectivity index (χ0v) is 9.07. The highest BCUT2D eigenvalue weighted by Crippen LogP contribution is 2.32. The topological polar surface area (TPSA) is 58.6 Å². The first-order valence-corrected chi connectivity index (χ1v) is 5.17. The Labute approximate surface area is 100 Å².